The molecule has 112 valence electrons. The molecule has 0 aliphatic carbocycles. The largest absolute Gasteiger partial charge is 0.494 e. The van der Waals surface area contributed by atoms with E-state index in [1.807, 2.05) is 55.5 Å². The summed E-state index contributed by atoms with van der Waals surface area (Å²) in [5.74, 6) is 0.823. The van der Waals surface area contributed by atoms with Crippen molar-refractivity contribution >= 4 is 11.6 Å². The van der Waals surface area contributed by atoms with Crippen molar-refractivity contribution in [2.45, 2.75) is 19.6 Å². The molecule has 0 saturated heterocycles. The predicted molar refractivity (Wildman–Crippen MR) is 85.7 cm³/mol. The van der Waals surface area contributed by atoms with Gasteiger partial charge < -0.3 is 15.2 Å². The molecular weight excluding hydrogens is 286 g/mol. The molecule has 0 aliphatic rings. The second kappa shape index (κ2) is 8.03. The van der Waals surface area contributed by atoms with Crippen LogP contribution in [0.4, 0.5) is 0 Å². The van der Waals surface area contributed by atoms with E-state index in [0.29, 0.717) is 24.7 Å². The van der Waals surface area contributed by atoms with Crippen LogP contribution in [0.1, 0.15) is 24.2 Å². The first-order valence-electron chi connectivity index (χ1n) is 7.05. The molecule has 0 radical (unpaired) electrons. The fourth-order valence-corrected chi connectivity index (χ4v) is 2.31. The van der Waals surface area contributed by atoms with Crippen LogP contribution in [0.5, 0.6) is 5.75 Å². The smallest absolute Gasteiger partial charge is 0.123 e. The van der Waals surface area contributed by atoms with Gasteiger partial charge in [-0.3, -0.25) is 0 Å². The van der Waals surface area contributed by atoms with Gasteiger partial charge in [0.15, 0.2) is 0 Å². The van der Waals surface area contributed by atoms with E-state index in [2.05, 4.69) is 5.32 Å². The van der Waals surface area contributed by atoms with Gasteiger partial charge >= 0.3 is 0 Å². The topological polar surface area (TPSA) is 41.5 Å². The lowest BCUT2D eigenvalue weighted by molar-refractivity contribution is 0.174. The minimum atomic E-state index is -0.527. The highest BCUT2D eigenvalue weighted by atomic mass is 35.5. The van der Waals surface area contributed by atoms with Crippen molar-refractivity contribution in [3.8, 4) is 5.75 Å². The quantitative estimate of drug-likeness (QED) is 0.822. The van der Waals surface area contributed by atoms with Gasteiger partial charge in [-0.05, 0) is 30.7 Å². The molecule has 1 unspecified atom stereocenters. The summed E-state index contributed by atoms with van der Waals surface area (Å²) in [5, 5.41) is 14.0. The number of nitrogens with one attached hydrogen (secondary N) is 1. The Kier molecular flexibility index (Phi) is 6.05. The van der Waals surface area contributed by atoms with E-state index in [1.54, 1.807) is 0 Å². The summed E-state index contributed by atoms with van der Waals surface area (Å²) in [6, 6.07) is 15.2. The Hall–Kier alpha value is -1.55. The van der Waals surface area contributed by atoms with Crippen LogP contribution in [0, 0.1) is 0 Å². The van der Waals surface area contributed by atoms with E-state index in [0.717, 1.165) is 16.9 Å². The molecule has 0 saturated carbocycles. The third-order valence-corrected chi connectivity index (χ3v) is 3.39. The van der Waals surface area contributed by atoms with Crippen molar-refractivity contribution in [2.24, 2.45) is 0 Å². The maximum Gasteiger partial charge on any atom is 0.123 e. The lowest BCUT2D eigenvalue weighted by Crippen LogP contribution is -2.21. The first-order chi connectivity index (χ1) is 10.2. The number of hydrogen-bond acceptors (Lipinski definition) is 3. The van der Waals surface area contributed by atoms with Crippen LogP contribution in [0.2, 0.25) is 5.02 Å². The zero-order valence-corrected chi connectivity index (χ0v) is 12.8. The third kappa shape index (κ3) is 4.74. The molecular formula is C17H20ClNO2. The van der Waals surface area contributed by atoms with Crippen molar-refractivity contribution in [3.63, 3.8) is 0 Å². The highest BCUT2D eigenvalue weighted by molar-refractivity contribution is 6.30. The average Bonchev–Trinajstić information content (AvgIpc) is 2.51. The normalized spacial score (nSPS) is 12.1. The van der Waals surface area contributed by atoms with E-state index in [1.165, 1.54) is 0 Å². The van der Waals surface area contributed by atoms with Crippen LogP contribution < -0.4 is 10.1 Å². The molecule has 0 bridgehead atoms. The number of aliphatic hydroxyl groups is 1. The molecule has 0 heterocycles. The Morgan fingerprint density at radius 3 is 2.67 bits per heavy atom. The Labute approximate surface area is 130 Å². The summed E-state index contributed by atoms with van der Waals surface area (Å²) in [6.45, 7) is 3.63. The number of halogens is 1. The minimum absolute atomic E-state index is 0.474. The number of aliphatic hydroxyl groups excluding tert-OH is 1. The molecule has 0 aliphatic heterocycles. The standard InChI is InChI=1S/C17H20ClNO2/c1-2-21-17-9-8-15(18)10-14(17)11-19-12-16(20)13-6-4-3-5-7-13/h3-10,16,19-20H,2,11-12H2,1H3. The van der Waals surface area contributed by atoms with Crippen molar-refractivity contribution in [3.05, 3.63) is 64.7 Å². The van der Waals surface area contributed by atoms with Crippen LogP contribution in [0.25, 0.3) is 0 Å². The van der Waals surface area contributed by atoms with Crippen molar-refractivity contribution in [2.75, 3.05) is 13.2 Å². The van der Waals surface area contributed by atoms with Gasteiger partial charge in [-0.15, -0.1) is 0 Å². The Morgan fingerprint density at radius 2 is 1.95 bits per heavy atom. The van der Waals surface area contributed by atoms with Crippen LogP contribution in [0.3, 0.4) is 0 Å². The van der Waals surface area contributed by atoms with Gasteiger partial charge in [-0.1, -0.05) is 41.9 Å². The molecule has 3 nitrogen and oxygen atoms in total. The van der Waals surface area contributed by atoms with Crippen molar-refractivity contribution < 1.29 is 9.84 Å². The maximum absolute atomic E-state index is 10.1. The van der Waals surface area contributed by atoms with Gasteiger partial charge in [-0.25, -0.2) is 0 Å². The predicted octanol–water partition coefficient (Wildman–Crippen LogP) is 3.56. The Balaban J connectivity index is 1.92. The molecule has 0 fully saturated rings. The first-order valence-corrected chi connectivity index (χ1v) is 7.43. The molecule has 1 atom stereocenters. The second-order valence-electron chi connectivity index (χ2n) is 4.74. The summed E-state index contributed by atoms with van der Waals surface area (Å²) < 4.78 is 5.57. The highest BCUT2D eigenvalue weighted by Crippen LogP contribution is 2.23. The van der Waals surface area contributed by atoms with Crippen LogP contribution >= 0.6 is 11.6 Å². The number of rotatable bonds is 7. The molecule has 21 heavy (non-hydrogen) atoms. The van der Waals surface area contributed by atoms with Crippen molar-refractivity contribution in [1.29, 1.82) is 0 Å². The van der Waals surface area contributed by atoms with E-state index >= 15 is 0 Å². The van der Waals surface area contributed by atoms with Gasteiger partial charge in [-0.2, -0.15) is 0 Å². The molecule has 0 amide bonds. The Morgan fingerprint density at radius 1 is 1.19 bits per heavy atom. The SMILES string of the molecule is CCOc1ccc(Cl)cc1CNCC(O)c1ccccc1. The highest BCUT2D eigenvalue weighted by Gasteiger charge is 2.08. The molecule has 0 aromatic heterocycles. The van der Waals surface area contributed by atoms with E-state index in [-0.39, 0.29) is 0 Å². The number of hydrogen-bond donors (Lipinski definition) is 2. The van der Waals surface area contributed by atoms with Gasteiger partial charge in [0.25, 0.3) is 0 Å². The average molecular weight is 306 g/mol. The lowest BCUT2D eigenvalue weighted by atomic mass is 10.1. The zero-order valence-electron chi connectivity index (χ0n) is 12.1. The summed E-state index contributed by atoms with van der Waals surface area (Å²) in [7, 11) is 0. The lowest BCUT2D eigenvalue weighted by Gasteiger charge is -2.14. The number of benzene rings is 2. The molecule has 2 aromatic carbocycles. The third-order valence-electron chi connectivity index (χ3n) is 3.16. The summed E-state index contributed by atoms with van der Waals surface area (Å²) in [6.07, 6.45) is -0.527. The van der Waals surface area contributed by atoms with E-state index in [9.17, 15) is 5.11 Å². The molecule has 2 N–H and O–H groups in total. The van der Waals surface area contributed by atoms with Crippen LogP contribution in [-0.4, -0.2) is 18.3 Å². The summed E-state index contributed by atoms with van der Waals surface area (Å²) in [5.41, 5.74) is 1.89. The van der Waals surface area contributed by atoms with Gasteiger partial charge in [0, 0.05) is 23.7 Å². The summed E-state index contributed by atoms with van der Waals surface area (Å²) in [4.78, 5) is 0. The molecule has 2 rings (SSSR count). The maximum atomic E-state index is 10.1. The van der Waals surface area contributed by atoms with E-state index in [4.69, 9.17) is 16.3 Å². The summed E-state index contributed by atoms with van der Waals surface area (Å²) >= 11 is 6.02. The van der Waals surface area contributed by atoms with Crippen LogP contribution in [-0.2, 0) is 6.54 Å². The van der Waals surface area contributed by atoms with Gasteiger partial charge in [0.1, 0.15) is 5.75 Å². The minimum Gasteiger partial charge on any atom is -0.494 e. The number of ether oxygens (including phenoxy) is 1. The molecule has 0 spiro atoms. The first kappa shape index (κ1) is 15.8. The fraction of sp³-hybridized carbons (Fsp3) is 0.294. The second-order valence-corrected chi connectivity index (χ2v) is 5.18. The van der Waals surface area contributed by atoms with Gasteiger partial charge in [0.05, 0.1) is 12.7 Å². The van der Waals surface area contributed by atoms with Gasteiger partial charge in [0.2, 0.25) is 0 Å². The zero-order chi connectivity index (χ0) is 15.1. The monoisotopic (exact) mass is 305 g/mol. The fourth-order valence-electron chi connectivity index (χ4n) is 2.12. The van der Waals surface area contributed by atoms with Crippen molar-refractivity contribution in [1.82, 2.24) is 5.32 Å². The van der Waals surface area contributed by atoms with E-state index < -0.39 is 6.10 Å². The molecule has 2 aromatic rings. The Bertz CT molecular complexity index is 560. The molecule has 4 heteroatoms. The van der Waals surface area contributed by atoms with Crippen LogP contribution in [0.15, 0.2) is 48.5 Å².